The Hall–Kier alpha value is -2.15. The lowest BCUT2D eigenvalue weighted by atomic mass is 10.1. The second-order valence-corrected chi connectivity index (χ2v) is 4.59. The molecule has 0 aromatic heterocycles. The van der Waals surface area contributed by atoms with Gasteiger partial charge in [-0.2, -0.15) is 0 Å². The number of carbonyl (C=O) groups is 1. The van der Waals surface area contributed by atoms with Crippen LogP contribution in [0, 0.1) is 10.1 Å². The van der Waals surface area contributed by atoms with Crippen molar-refractivity contribution in [2.45, 2.75) is 12.5 Å². The van der Waals surface area contributed by atoms with Crippen molar-refractivity contribution in [2.75, 3.05) is 25.9 Å². The Kier molecular flexibility index (Phi) is 3.66. The topological polar surface area (TPSA) is 102 Å². The molecule has 1 amide bonds. The van der Waals surface area contributed by atoms with Gasteiger partial charge in [0.05, 0.1) is 4.92 Å². The van der Waals surface area contributed by atoms with Gasteiger partial charge in [-0.3, -0.25) is 14.9 Å². The van der Waals surface area contributed by atoms with Crippen LogP contribution in [0.25, 0.3) is 0 Å². The van der Waals surface area contributed by atoms with E-state index in [0.717, 1.165) is 19.5 Å². The highest BCUT2D eigenvalue weighted by Gasteiger charge is 2.25. The van der Waals surface area contributed by atoms with E-state index in [2.05, 4.69) is 5.32 Å². The molecule has 102 valence electrons. The Balaban J connectivity index is 2.23. The minimum atomic E-state index is -0.580. The summed E-state index contributed by atoms with van der Waals surface area (Å²) < 4.78 is 0. The van der Waals surface area contributed by atoms with Gasteiger partial charge >= 0.3 is 0 Å². The molecule has 0 radical (unpaired) electrons. The summed E-state index contributed by atoms with van der Waals surface area (Å²) in [6.07, 6.45) is 0.888. The molecule has 1 aliphatic heterocycles. The monoisotopic (exact) mass is 264 g/mol. The van der Waals surface area contributed by atoms with E-state index in [1.165, 1.54) is 18.2 Å². The molecule has 1 fully saturated rings. The van der Waals surface area contributed by atoms with Crippen molar-refractivity contribution in [3.05, 3.63) is 33.9 Å². The van der Waals surface area contributed by atoms with Crippen LogP contribution in [0.15, 0.2) is 18.2 Å². The molecule has 1 unspecified atom stereocenters. The number of nitrogens with one attached hydrogen (secondary N) is 1. The normalized spacial score (nSPS) is 18.3. The molecule has 1 aromatic rings. The van der Waals surface area contributed by atoms with Crippen LogP contribution in [-0.4, -0.2) is 41.9 Å². The first kappa shape index (κ1) is 13.3. The van der Waals surface area contributed by atoms with Gasteiger partial charge in [-0.15, -0.1) is 0 Å². The van der Waals surface area contributed by atoms with Gasteiger partial charge in [0.2, 0.25) is 0 Å². The molecule has 0 aliphatic carbocycles. The lowest BCUT2D eigenvalue weighted by Crippen LogP contribution is -2.38. The number of nitro groups is 1. The Morgan fingerprint density at radius 1 is 1.58 bits per heavy atom. The zero-order valence-corrected chi connectivity index (χ0v) is 10.6. The molecule has 1 aromatic carbocycles. The number of hydrogen-bond acceptors (Lipinski definition) is 5. The first-order valence-electron chi connectivity index (χ1n) is 6.02. The number of hydrogen-bond donors (Lipinski definition) is 2. The molecule has 0 bridgehead atoms. The highest BCUT2D eigenvalue weighted by Crippen LogP contribution is 2.23. The van der Waals surface area contributed by atoms with E-state index in [4.69, 9.17) is 5.73 Å². The van der Waals surface area contributed by atoms with Crippen LogP contribution in [-0.2, 0) is 0 Å². The van der Waals surface area contributed by atoms with Crippen LogP contribution in [0.4, 0.5) is 11.4 Å². The van der Waals surface area contributed by atoms with Gasteiger partial charge < -0.3 is 16.0 Å². The quantitative estimate of drug-likeness (QED) is 0.473. The summed E-state index contributed by atoms with van der Waals surface area (Å²) in [6.45, 7) is 1.63. The molecule has 0 saturated carbocycles. The summed E-state index contributed by atoms with van der Waals surface area (Å²) >= 11 is 0. The minimum Gasteiger partial charge on any atom is -0.393 e. The number of anilines is 1. The fraction of sp³-hybridized carbons (Fsp3) is 0.417. The highest BCUT2D eigenvalue weighted by atomic mass is 16.6. The summed E-state index contributed by atoms with van der Waals surface area (Å²) in [5.74, 6) is -0.225. The number of benzene rings is 1. The van der Waals surface area contributed by atoms with Crippen LogP contribution in [0.1, 0.15) is 16.8 Å². The van der Waals surface area contributed by atoms with E-state index in [1.807, 2.05) is 0 Å². The van der Waals surface area contributed by atoms with Crippen molar-refractivity contribution in [2.24, 2.45) is 0 Å². The van der Waals surface area contributed by atoms with E-state index in [-0.39, 0.29) is 28.9 Å². The van der Waals surface area contributed by atoms with Crippen molar-refractivity contribution in [3.8, 4) is 0 Å². The summed E-state index contributed by atoms with van der Waals surface area (Å²) in [6, 6.07) is 4.27. The second-order valence-electron chi connectivity index (χ2n) is 4.59. The molecule has 1 atom stereocenters. The van der Waals surface area contributed by atoms with E-state index in [0.29, 0.717) is 0 Å². The smallest absolute Gasteiger partial charge is 0.292 e. The highest BCUT2D eigenvalue weighted by molar-refractivity contribution is 5.95. The van der Waals surface area contributed by atoms with Crippen LogP contribution >= 0.6 is 0 Å². The third-order valence-electron chi connectivity index (χ3n) is 3.38. The Bertz CT molecular complexity index is 512. The van der Waals surface area contributed by atoms with Gasteiger partial charge in [0.25, 0.3) is 11.6 Å². The summed E-state index contributed by atoms with van der Waals surface area (Å²) in [4.78, 5) is 24.1. The van der Waals surface area contributed by atoms with Crippen LogP contribution in [0.2, 0.25) is 0 Å². The molecule has 1 aliphatic rings. The maximum Gasteiger partial charge on any atom is 0.292 e. The van der Waals surface area contributed by atoms with E-state index < -0.39 is 4.92 Å². The van der Waals surface area contributed by atoms with Gasteiger partial charge in [-0.05, 0) is 25.1 Å². The summed E-state index contributed by atoms with van der Waals surface area (Å²) in [5.41, 5.74) is 5.63. The van der Waals surface area contributed by atoms with Crippen LogP contribution < -0.4 is 11.1 Å². The third kappa shape index (κ3) is 2.65. The van der Waals surface area contributed by atoms with Gasteiger partial charge in [0, 0.05) is 31.3 Å². The van der Waals surface area contributed by atoms with Gasteiger partial charge in [0.15, 0.2) is 0 Å². The molecule has 19 heavy (non-hydrogen) atoms. The predicted molar refractivity (Wildman–Crippen MR) is 70.9 cm³/mol. The van der Waals surface area contributed by atoms with E-state index >= 15 is 0 Å². The SMILES string of the molecule is CN(C(=O)c1ccc(N)c([N+](=O)[O-])c1)C1CCNC1. The summed E-state index contributed by atoms with van der Waals surface area (Å²) in [7, 11) is 1.71. The number of nitrogens with two attached hydrogens (primary N) is 1. The molecular weight excluding hydrogens is 248 g/mol. The van der Waals surface area contributed by atoms with Crippen LogP contribution in [0.3, 0.4) is 0 Å². The van der Waals surface area contributed by atoms with Gasteiger partial charge in [-0.1, -0.05) is 0 Å². The first-order valence-corrected chi connectivity index (χ1v) is 6.02. The maximum absolute atomic E-state index is 12.3. The second kappa shape index (κ2) is 5.23. The number of nitrogen functional groups attached to an aromatic ring is 1. The molecule has 0 spiro atoms. The molecule has 7 heteroatoms. The lowest BCUT2D eigenvalue weighted by Gasteiger charge is -2.23. The molecule has 3 N–H and O–H groups in total. The number of nitro benzene ring substituents is 1. The lowest BCUT2D eigenvalue weighted by molar-refractivity contribution is -0.383. The van der Waals surface area contributed by atoms with Crippen molar-refractivity contribution in [1.29, 1.82) is 0 Å². The largest absolute Gasteiger partial charge is 0.393 e. The van der Waals surface area contributed by atoms with Gasteiger partial charge in [0.1, 0.15) is 5.69 Å². The molecule has 1 saturated heterocycles. The fourth-order valence-electron chi connectivity index (χ4n) is 2.17. The minimum absolute atomic E-state index is 0.0618. The maximum atomic E-state index is 12.3. The fourth-order valence-corrected chi connectivity index (χ4v) is 2.17. The number of carbonyl (C=O) groups excluding carboxylic acids is 1. The number of nitrogens with zero attached hydrogens (tertiary/aromatic N) is 2. The number of rotatable bonds is 3. The Morgan fingerprint density at radius 2 is 2.32 bits per heavy atom. The average molecular weight is 264 g/mol. The Morgan fingerprint density at radius 3 is 2.89 bits per heavy atom. The molecule has 2 rings (SSSR count). The predicted octanol–water partition coefficient (Wildman–Crippen LogP) is 0.611. The zero-order valence-electron chi connectivity index (χ0n) is 10.6. The van der Waals surface area contributed by atoms with Gasteiger partial charge in [-0.25, -0.2) is 0 Å². The number of amides is 1. The summed E-state index contributed by atoms with van der Waals surface area (Å²) in [5, 5.41) is 14.0. The average Bonchev–Trinajstić information content (AvgIpc) is 2.91. The zero-order chi connectivity index (χ0) is 14.0. The molecule has 1 heterocycles. The molecule has 7 nitrogen and oxygen atoms in total. The number of likely N-dealkylation sites (N-methyl/N-ethyl adjacent to an activating group) is 1. The van der Waals surface area contributed by atoms with Crippen molar-refractivity contribution in [1.82, 2.24) is 10.2 Å². The third-order valence-corrected chi connectivity index (χ3v) is 3.38. The van der Waals surface area contributed by atoms with Crippen LogP contribution in [0.5, 0.6) is 0 Å². The van der Waals surface area contributed by atoms with Crippen molar-refractivity contribution >= 4 is 17.3 Å². The van der Waals surface area contributed by atoms with E-state index in [9.17, 15) is 14.9 Å². The van der Waals surface area contributed by atoms with Crippen molar-refractivity contribution in [3.63, 3.8) is 0 Å². The van der Waals surface area contributed by atoms with Crippen molar-refractivity contribution < 1.29 is 9.72 Å². The molecular formula is C12H16N4O3. The Labute approximate surface area is 110 Å². The first-order chi connectivity index (χ1) is 9.00. The van der Waals surface area contributed by atoms with E-state index in [1.54, 1.807) is 11.9 Å². The standard InChI is InChI=1S/C12H16N4O3/c1-15(9-4-5-14-7-9)12(17)8-2-3-10(13)11(6-8)16(18)19/h2-3,6,9,14H,4-5,7,13H2,1H3.